The van der Waals surface area contributed by atoms with Crippen LogP contribution in [0, 0.1) is 6.92 Å². The van der Waals surface area contributed by atoms with Crippen molar-refractivity contribution < 1.29 is 14.3 Å². The van der Waals surface area contributed by atoms with Gasteiger partial charge in [-0.15, -0.1) is 0 Å². The zero-order chi connectivity index (χ0) is 22.1. The third-order valence-electron chi connectivity index (χ3n) is 6.31. The van der Waals surface area contributed by atoms with Crippen molar-refractivity contribution in [2.24, 2.45) is 0 Å². The van der Waals surface area contributed by atoms with Gasteiger partial charge in [0.2, 0.25) is 0 Å². The molecule has 0 radical (unpaired) electrons. The Bertz CT molecular complexity index is 992. The Morgan fingerprint density at radius 2 is 1.53 bits per heavy atom. The summed E-state index contributed by atoms with van der Waals surface area (Å²) in [6.07, 6.45) is 5.69. The smallest absolute Gasteiger partial charge is 0.338 e. The number of aryl methyl sites for hydroxylation is 1. The highest BCUT2D eigenvalue weighted by Crippen LogP contribution is 2.46. The van der Waals surface area contributed by atoms with E-state index in [1.807, 2.05) is 19.1 Å². The lowest BCUT2D eigenvalue weighted by atomic mass is 9.62. The molecule has 0 bridgehead atoms. The molecule has 1 aliphatic rings. The lowest BCUT2D eigenvalue weighted by molar-refractivity contribution is 0.0526. The van der Waals surface area contributed by atoms with Crippen molar-refractivity contribution in [1.82, 2.24) is 0 Å². The molecule has 0 unspecified atom stereocenters. The molecule has 0 saturated heterocycles. The molecule has 0 saturated carbocycles. The Morgan fingerprint density at radius 3 is 2.10 bits per heavy atom. The molecule has 0 N–H and O–H groups in total. The molecule has 0 spiro atoms. The highest BCUT2D eigenvalue weighted by Gasteiger charge is 2.37. The van der Waals surface area contributed by atoms with Gasteiger partial charge in [0.05, 0.1) is 12.2 Å². The maximum Gasteiger partial charge on any atom is 0.338 e. The molecule has 0 fully saturated rings. The quantitative estimate of drug-likeness (QED) is 0.328. The maximum atomic E-state index is 13.0. The Hall–Kier alpha value is -2.68. The Morgan fingerprint density at radius 1 is 0.967 bits per heavy atom. The number of allylic oxidation sites excluding steroid dienone is 1. The van der Waals surface area contributed by atoms with E-state index in [2.05, 4.69) is 39.8 Å². The zero-order valence-corrected chi connectivity index (χ0v) is 19.0. The Balaban J connectivity index is 1.86. The first-order valence-electron chi connectivity index (χ1n) is 10.7. The van der Waals surface area contributed by atoms with Crippen LogP contribution in [0.25, 0.3) is 6.08 Å². The Labute approximate surface area is 180 Å². The van der Waals surface area contributed by atoms with Gasteiger partial charge in [-0.1, -0.05) is 52.0 Å². The van der Waals surface area contributed by atoms with Crippen LogP contribution in [0.4, 0.5) is 0 Å². The first kappa shape index (κ1) is 22.0. The minimum atomic E-state index is -0.334. The fraction of sp³-hybridized carbons (Fsp3) is 0.407. The van der Waals surface area contributed by atoms with Crippen LogP contribution in [0.3, 0.4) is 0 Å². The van der Waals surface area contributed by atoms with Crippen LogP contribution in [0.5, 0.6) is 0 Å². The van der Waals surface area contributed by atoms with Gasteiger partial charge in [-0.3, -0.25) is 4.79 Å². The molecule has 3 nitrogen and oxygen atoms in total. The van der Waals surface area contributed by atoms with Gasteiger partial charge in [0.15, 0.2) is 5.78 Å². The van der Waals surface area contributed by atoms with E-state index in [1.54, 1.807) is 31.2 Å². The number of hydrogen-bond acceptors (Lipinski definition) is 3. The summed E-state index contributed by atoms with van der Waals surface area (Å²) < 4.78 is 5.00. The SMILES string of the molecule is CCOC(=O)c1ccc(C=CC(=O)c2cc3c(cc2C)C(C)(C)CCC3(C)C)cc1. The largest absolute Gasteiger partial charge is 0.462 e. The molecule has 158 valence electrons. The van der Waals surface area contributed by atoms with Gasteiger partial charge in [-0.25, -0.2) is 4.79 Å². The van der Waals surface area contributed by atoms with Gasteiger partial charge in [-0.05, 0) is 84.0 Å². The first-order chi connectivity index (χ1) is 14.0. The second-order valence-electron chi connectivity index (χ2n) is 9.52. The number of carbonyl (C=O) groups is 2. The highest BCUT2D eigenvalue weighted by atomic mass is 16.5. The van der Waals surface area contributed by atoms with E-state index in [9.17, 15) is 9.59 Å². The maximum absolute atomic E-state index is 13.0. The number of fused-ring (bicyclic) bond motifs is 1. The van der Waals surface area contributed by atoms with Crippen molar-refractivity contribution in [3.8, 4) is 0 Å². The molecule has 30 heavy (non-hydrogen) atoms. The molecule has 0 heterocycles. The minimum absolute atomic E-state index is 0.00366. The molecule has 0 aliphatic heterocycles. The summed E-state index contributed by atoms with van der Waals surface area (Å²) in [4.78, 5) is 24.8. The second kappa shape index (κ2) is 8.22. The number of rotatable bonds is 5. The monoisotopic (exact) mass is 404 g/mol. The molecule has 2 aromatic carbocycles. The predicted octanol–water partition coefficient (Wildman–Crippen LogP) is 6.42. The number of hydrogen-bond donors (Lipinski definition) is 0. The van der Waals surface area contributed by atoms with Crippen LogP contribution in [-0.2, 0) is 15.6 Å². The Kier molecular flexibility index (Phi) is 6.03. The molecular weight excluding hydrogens is 372 g/mol. The fourth-order valence-corrected chi connectivity index (χ4v) is 4.19. The van der Waals surface area contributed by atoms with Crippen LogP contribution in [0.1, 0.15) is 90.4 Å². The van der Waals surface area contributed by atoms with Crippen LogP contribution in [-0.4, -0.2) is 18.4 Å². The molecule has 2 aromatic rings. The molecule has 1 aliphatic carbocycles. The number of ether oxygens (including phenoxy) is 1. The van der Waals surface area contributed by atoms with E-state index >= 15 is 0 Å². The van der Waals surface area contributed by atoms with Gasteiger partial charge in [0, 0.05) is 5.56 Å². The van der Waals surface area contributed by atoms with Gasteiger partial charge >= 0.3 is 5.97 Å². The van der Waals surface area contributed by atoms with Gasteiger partial charge < -0.3 is 4.74 Å². The molecule has 3 heteroatoms. The summed E-state index contributed by atoms with van der Waals surface area (Å²) in [5.74, 6) is -0.330. The number of benzene rings is 2. The summed E-state index contributed by atoms with van der Waals surface area (Å²) in [7, 11) is 0. The van der Waals surface area contributed by atoms with Crippen LogP contribution in [0.2, 0.25) is 0 Å². The van der Waals surface area contributed by atoms with E-state index in [1.165, 1.54) is 11.1 Å². The van der Waals surface area contributed by atoms with E-state index in [0.717, 1.165) is 29.5 Å². The molecule has 0 amide bonds. The van der Waals surface area contributed by atoms with Crippen LogP contribution < -0.4 is 0 Å². The lowest BCUT2D eigenvalue weighted by Gasteiger charge is -2.42. The standard InChI is InChI=1S/C27H32O3/c1-7-30-25(29)20-11-8-19(9-12-20)10-13-24(28)21-17-23-22(16-18(21)2)26(3,4)14-15-27(23,5)6/h8-13,16-17H,7,14-15H2,1-6H3. The molecule has 3 rings (SSSR count). The molecular formula is C27H32O3. The summed E-state index contributed by atoms with van der Waals surface area (Å²) in [5, 5.41) is 0. The summed E-state index contributed by atoms with van der Waals surface area (Å²) in [6.45, 7) is 13.3. The van der Waals surface area contributed by atoms with Crippen LogP contribution >= 0.6 is 0 Å². The first-order valence-corrected chi connectivity index (χ1v) is 10.7. The minimum Gasteiger partial charge on any atom is -0.462 e. The van der Waals surface area contributed by atoms with E-state index in [4.69, 9.17) is 4.74 Å². The van der Waals surface area contributed by atoms with Crippen LogP contribution in [0.15, 0.2) is 42.5 Å². The fourth-order valence-electron chi connectivity index (χ4n) is 4.19. The third-order valence-corrected chi connectivity index (χ3v) is 6.31. The highest BCUT2D eigenvalue weighted by molar-refractivity contribution is 6.08. The predicted molar refractivity (Wildman–Crippen MR) is 122 cm³/mol. The average molecular weight is 405 g/mol. The van der Waals surface area contributed by atoms with E-state index in [-0.39, 0.29) is 22.6 Å². The normalized spacial score (nSPS) is 16.9. The second-order valence-corrected chi connectivity index (χ2v) is 9.52. The zero-order valence-electron chi connectivity index (χ0n) is 19.0. The van der Waals surface area contributed by atoms with E-state index < -0.39 is 0 Å². The number of esters is 1. The number of carbonyl (C=O) groups excluding carboxylic acids is 2. The summed E-state index contributed by atoms with van der Waals surface area (Å²) >= 11 is 0. The summed E-state index contributed by atoms with van der Waals surface area (Å²) in [6, 6.07) is 11.4. The van der Waals surface area contributed by atoms with Crippen molar-refractivity contribution >= 4 is 17.8 Å². The van der Waals surface area contributed by atoms with Crippen molar-refractivity contribution in [1.29, 1.82) is 0 Å². The van der Waals surface area contributed by atoms with Crippen molar-refractivity contribution in [3.63, 3.8) is 0 Å². The lowest BCUT2D eigenvalue weighted by Crippen LogP contribution is -2.34. The van der Waals surface area contributed by atoms with Crippen molar-refractivity contribution in [3.05, 3.63) is 75.9 Å². The third kappa shape index (κ3) is 4.40. The number of ketones is 1. The average Bonchev–Trinajstić information content (AvgIpc) is 2.70. The van der Waals surface area contributed by atoms with E-state index in [0.29, 0.717) is 12.2 Å². The molecule has 0 atom stereocenters. The topological polar surface area (TPSA) is 43.4 Å². The summed E-state index contributed by atoms with van der Waals surface area (Å²) in [5.41, 5.74) is 6.02. The van der Waals surface area contributed by atoms with Crippen molar-refractivity contribution in [2.75, 3.05) is 6.61 Å². The van der Waals surface area contributed by atoms with Gasteiger partial charge in [0.1, 0.15) is 0 Å². The molecule has 0 aromatic heterocycles. The van der Waals surface area contributed by atoms with Crippen molar-refractivity contribution in [2.45, 2.75) is 65.2 Å². The van der Waals surface area contributed by atoms with Gasteiger partial charge in [0.25, 0.3) is 0 Å². The van der Waals surface area contributed by atoms with Gasteiger partial charge in [-0.2, -0.15) is 0 Å².